The van der Waals surface area contributed by atoms with E-state index in [2.05, 4.69) is 11.2 Å². The Bertz CT molecular complexity index is 429. The maximum Gasteiger partial charge on any atom is 0.323 e. The Morgan fingerprint density at radius 2 is 2.20 bits per heavy atom. The van der Waals surface area contributed by atoms with E-state index < -0.39 is 5.97 Å². The van der Waals surface area contributed by atoms with Crippen LogP contribution < -0.4 is 5.32 Å². The molecule has 2 rings (SSSR count). The lowest BCUT2D eigenvalue weighted by molar-refractivity contribution is -0.137. The number of carbonyl (C=O) groups excluding carboxylic acids is 1. The zero-order valence-corrected chi connectivity index (χ0v) is 11.8. The largest absolute Gasteiger partial charge is 0.480 e. The van der Waals surface area contributed by atoms with E-state index in [0.29, 0.717) is 5.92 Å². The predicted molar refractivity (Wildman–Crippen MR) is 75.0 cm³/mol. The minimum atomic E-state index is -1.05. The number of carboxylic acids is 1. The van der Waals surface area contributed by atoms with Crippen molar-refractivity contribution < 1.29 is 14.7 Å². The van der Waals surface area contributed by atoms with Gasteiger partial charge in [0.05, 0.1) is 6.54 Å². The molecule has 0 aliphatic heterocycles. The standard InChI is InChI=1S/C15H22N2O3/c1-3-6-17(9-14(18)19)15(20)16-10(2)13-8-11-4-5-12(13)7-11/h1,10-13H,4-9H2,2H3,(H,16,20)(H,18,19). The number of hydrogen-bond donors (Lipinski definition) is 2. The zero-order chi connectivity index (χ0) is 14.7. The highest BCUT2D eigenvalue weighted by Gasteiger charge is 2.42. The van der Waals surface area contributed by atoms with Crippen molar-refractivity contribution in [3.05, 3.63) is 0 Å². The van der Waals surface area contributed by atoms with Crippen molar-refractivity contribution >= 4 is 12.0 Å². The van der Waals surface area contributed by atoms with Gasteiger partial charge in [0.25, 0.3) is 0 Å². The van der Waals surface area contributed by atoms with Crippen LogP contribution in [0.25, 0.3) is 0 Å². The van der Waals surface area contributed by atoms with Gasteiger partial charge >= 0.3 is 12.0 Å². The van der Waals surface area contributed by atoms with Gasteiger partial charge in [-0.05, 0) is 43.9 Å². The van der Waals surface area contributed by atoms with Crippen LogP contribution in [0.3, 0.4) is 0 Å². The number of hydrogen-bond acceptors (Lipinski definition) is 2. The van der Waals surface area contributed by atoms with Crippen molar-refractivity contribution in [2.24, 2.45) is 17.8 Å². The first kappa shape index (κ1) is 14.7. The monoisotopic (exact) mass is 278 g/mol. The van der Waals surface area contributed by atoms with E-state index >= 15 is 0 Å². The maximum absolute atomic E-state index is 12.1. The van der Waals surface area contributed by atoms with Crippen LogP contribution in [-0.2, 0) is 4.79 Å². The van der Waals surface area contributed by atoms with Crippen LogP contribution in [0.2, 0.25) is 0 Å². The van der Waals surface area contributed by atoms with E-state index in [1.807, 2.05) is 6.92 Å². The highest BCUT2D eigenvalue weighted by molar-refractivity contribution is 5.80. The third kappa shape index (κ3) is 3.24. The number of nitrogens with zero attached hydrogens (tertiary/aromatic N) is 1. The first-order valence-electron chi connectivity index (χ1n) is 7.22. The number of amides is 2. The molecule has 0 heterocycles. The van der Waals surface area contributed by atoms with Gasteiger partial charge in [-0.2, -0.15) is 0 Å². The third-order valence-corrected chi connectivity index (χ3v) is 4.68. The van der Waals surface area contributed by atoms with Crippen LogP contribution >= 0.6 is 0 Å². The number of aliphatic carboxylic acids is 1. The smallest absolute Gasteiger partial charge is 0.323 e. The first-order valence-corrected chi connectivity index (χ1v) is 7.22. The molecule has 5 nitrogen and oxygen atoms in total. The summed E-state index contributed by atoms with van der Waals surface area (Å²) in [7, 11) is 0. The van der Waals surface area contributed by atoms with Crippen LogP contribution in [0.1, 0.15) is 32.6 Å². The van der Waals surface area contributed by atoms with Gasteiger partial charge in [0.2, 0.25) is 0 Å². The number of nitrogens with one attached hydrogen (secondary N) is 1. The molecule has 2 aliphatic carbocycles. The Hall–Kier alpha value is -1.70. The van der Waals surface area contributed by atoms with E-state index in [-0.39, 0.29) is 25.2 Å². The van der Waals surface area contributed by atoms with Gasteiger partial charge < -0.3 is 15.3 Å². The minimum absolute atomic E-state index is 0.0154. The summed E-state index contributed by atoms with van der Waals surface area (Å²) >= 11 is 0. The van der Waals surface area contributed by atoms with Crippen LogP contribution in [0.15, 0.2) is 0 Å². The Kier molecular flexibility index (Phi) is 4.53. The summed E-state index contributed by atoms with van der Waals surface area (Å²) in [6.07, 6.45) is 10.2. The molecule has 20 heavy (non-hydrogen) atoms. The maximum atomic E-state index is 12.1. The molecule has 2 amide bonds. The SMILES string of the molecule is C#CCN(CC(=O)O)C(=O)NC(C)C1CC2CCC1C2. The first-order chi connectivity index (χ1) is 9.51. The molecule has 2 saturated carbocycles. The van der Waals surface area contributed by atoms with E-state index in [1.54, 1.807) is 0 Å². The second-order valence-electron chi connectivity index (χ2n) is 6.03. The van der Waals surface area contributed by atoms with Crippen LogP contribution in [0, 0.1) is 30.1 Å². The molecule has 0 aromatic carbocycles. The summed E-state index contributed by atoms with van der Waals surface area (Å²) in [6, 6.07) is -0.299. The van der Waals surface area contributed by atoms with E-state index in [0.717, 1.165) is 16.7 Å². The van der Waals surface area contributed by atoms with E-state index in [4.69, 9.17) is 11.5 Å². The Labute approximate surface area is 119 Å². The molecule has 2 bridgehead atoms. The van der Waals surface area contributed by atoms with Gasteiger partial charge in [-0.3, -0.25) is 4.79 Å². The van der Waals surface area contributed by atoms with E-state index in [9.17, 15) is 9.59 Å². The number of fused-ring (bicyclic) bond motifs is 2. The molecule has 4 atom stereocenters. The Morgan fingerprint density at radius 3 is 2.70 bits per heavy atom. The number of carboxylic acid groups (broad SMARTS) is 1. The van der Waals surface area contributed by atoms with Crippen molar-refractivity contribution in [1.82, 2.24) is 10.2 Å². The van der Waals surface area contributed by atoms with Crippen molar-refractivity contribution in [3.63, 3.8) is 0 Å². The molecule has 2 N–H and O–H groups in total. The molecule has 2 fully saturated rings. The molecular formula is C15H22N2O3. The lowest BCUT2D eigenvalue weighted by Gasteiger charge is -2.30. The van der Waals surface area contributed by atoms with Crippen LogP contribution in [0.5, 0.6) is 0 Å². The number of carbonyl (C=O) groups is 2. The molecule has 2 aliphatic rings. The number of terminal acetylenes is 1. The molecule has 0 aromatic rings. The van der Waals surface area contributed by atoms with Gasteiger partial charge in [0.15, 0.2) is 0 Å². The normalized spacial score (nSPS) is 28.7. The number of rotatable bonds is 5. The second-order valence-corrected chi connectivity index (χ2v) is 6.03. The summed E-state index contributed by atoms with van der Waals surface area (Å²) in [5.41, 5.74) is 0. The highest BCUT2D eigenvalue weighted by atomic mass is 16.4. The van der Waals surface area contributed by atoms with Gasteiger partial charge in [0, 0.05) is 6.04 Å². The fourth-order valence-electron chi connectivity index (χ4n) is 3.77. The summed E-state index contributed by atoms with van der Waals surface area (Å²) in [5.74, 6) is 3.34. The summed E-state index contributed by atoms with van der Waals surface area (Å²) in [4.78, 5) is 24.0. The Morgan fingerprint density at radius 1 is 1.45 bits per heavy atom. The number of urea groups is 1. The van der Waals surface area contributed by atoms with Gasteiger partial charge in [-0.25, -0.2) is 4.79 Å². The van der Waals surface area contributed by atoms with Gasteiger partial charge in [-0.15, -0.1) is 6.42 Å². The minimum Gasteiger partial charge on any atom is -0.480 e. The molecule has 0 radical (unpaired) electrons. The second kappa shape index (κ2) is 6.17. The molecule has 0 saturated heterocycles. The summed E-state index contributed by atoms with van der Waals surface area (Å²) in [5, 5.41) is 11.7. The highest BCUT2D eigenvalue weighted by Crippen LogP contribution is 2.49. The lowest BCUT2D eigenvalue weighted by atomic mass is 9.84. The third-order valence-electron chi connectivity index (χ3n) is 4.68. The average Bonchev–Trinajstić information content (AvgIpc) is 2.99. The molecule has 5 heteroatoms. The molecule has 4 unspecified atom stereocenters. The molecule has 0 aromatic heterocycles. The predicted octanol–water partition coefficient (Wildman–Crippen LogP) is 1.54. The van der Waals surface area contributed by atoms with Crippen LogP contribution in [-0.4, -0.2) is 41.1 Å². The molecule has 110 valence electrons. The fourth-order valence-corrected chi connectivity index (χ4v) is 3.77. The van der Waals surface area contributed by atoms with Crippen molar-refractivity contribution in [2.45, 2.75) is 38.6 Å². The van der Waals surface area contributed by atoms with E-state index in [1.165, 1.54) is 25.7 Å². The zero-order valence-electron chi connectivity index (χ0n) is 11.8. The van der Waals surface area contributed by atoms with Gasteiger partial charge in [0.1, 0.15) is 6.54 Å². The average molecular weight is 278 g/mol. The molecular weight excluding hydrogens is 256 g/mol. The summed E-state index contributed by atoms with van der Waals surface area (Å²) < 4.78 is 0. The van der Waals surface area contributed by atoms with Crippen molar-refractivity contribution in [1.29, 1.82) is 0 Å². The quantitative estimate of drug-likeness (QED) is 0.749. The topological polar surface area (TPSA) is 69.6 Å². The molecule has 0 spiro atoms. The Balaban J connectivity index is 1.89. The van der Waals surface area contributed by atoms with Crippen LogP contribution in [0.4, 0.5) is 4.79 Å². The van der Waals surface area contributed by atoms with Gasteiger partial charge in [-0.1, -0.05) is 12.3 Å². The summed E-state index contributed by atoms with van der Waals surface area (Å²) in [6.45, 7) is 1.67. The van der Waals surface area contributed by atoms with Crippen molar-refractivity contribution in [2.75, 3.05) is 13.1 Å². The lowest BCUT2D eigenvalue weighted by Crippen LogP contribution is -2.48. The fraction of sp³-hybridized carbons (Fsp3) is 0.733. The van der Waals surface area contributed by atoms with Crippen molar-refractivity contribution in [3.8, 4) is 12.3 Å².